The van der Waals surface area contributed by atoms with Crippen LogP contribution in [0, 0.1) is 0 Å². The van der Waals surface area contributed by atoms with Crippen LogP contribution in [0.5, 0.6) is 0 Å². The lowest BCUT2D eigenvalue weighted by atomic mass is 9.95. The molecule has 3 aliphatic rings. The minimum atomic E-state index is 0.410. The number of hydrogen-bond acceptors (Lipinski definition) is 6. The topological polar surface area (TPSA) is 38.7 Å². The second-order valence-electron chi connectivity index (χ2n) is 5.86. The Balaban J connectivity index is 1.75. The number of hydroxylamine groups is 1. The van der Waals surface area contributed by atoms with Gasteiger partial charge in [-0.1, -0.05) is 13.3 Å². The predicted molar refractivity (Wildman–Crippen MR) is 86.1 cm³/mol. The van der Waals surface area contributed by atoms with Crippen LogP contribution in [0.3, 0.4) is 0 Å². The summed E-state index contributed by atoms with van der Waals surface area (Å²) in [5.41, 5.74) is 1.11. The molecular weight excluding hydrogens is 290 g/mol. The third-order valence-electron chi connectivity index (χ3n) is 4.56. The van der Waals surface area contributed by atoms with E-state index < -0.39 is 0 Å². The first kappa shape index (κ1) is 14.9. The molecule has 4 nitrogen and oxygen atoms in total. The maximum Gasteiger partial charge on any atom is 0.104 e. The highest BCUT2D eigenvalue weighted by Crippen LogP contribution is 2.41. The summed E-state index contributed by atoms with van der Waals surface area (Å²) in [4.78, 5) is 2.63. The highest BCUT2D eigenvalue weighted by molar-refractivity contribution is 8.05. The van der Waals surface area contributed by atoms with Crippen LogP contribution in [0.2, 0.25) is 0 Å². The molecule has 6 heteroatoms. The Bertz CT molecular complexity index is 377. The lowest BCUT2D eigenvalue weighted by molar-refractivity contribution is 0.0229. The van der Waals surface area contributed by atoms with Crippen LogP contribution in [-0.4, -0.2) is 39.0 Å². The molecule has 2 N–H and O–H groups in total. The van der Waals surface area contributed by atoms with E-state index in [0.29, 0.717) is 6.04 Å². The molecule has 3 rings (SSSR count). The summed E-state index contributed by atoms with van der Waals surface area (Å²) in [7, 11) is 0. The molecule has 0 aliphatic carbocycles. The first-order chi connectivity index (χ1) is 9.81. The fraction of sp³-hybridized carbons (Fsp3) is 0.857. The minimum absolute atomic E-state index is 0.410. The van der Waals surface area contributed by atoms with Crippen molar-refractivity contribution in [2.45, 2.75) is 64.0 Å². The lowest BCUT2D eigenvalue weighted by Crippen LogP contribution is -2.45. The lowest BCUT2D eigenvalue weighted by Gasteiger charge is -2.39. The van der Waals surface area contributed by atoms with Gasteiger partial charge in [-0.3, -0.25) is 10.1 Å². The van der Waals surface area contributed by atoms with Crippen molar-refractivity contribution in [3.05, 3.63) is 10.7 Å². The van der Waals surface area contributed by atoms with Gasteiger partial charge in [-0.15, -0.1) is 11.8 Å². The normalized spacial score (nSPS) is 30.8. The molecule has 2 saturated heterocycles. The molecule has 0 amide bonds. The number of rotatable bonds is 5. The van der Waals surface area contributed by atoms with Gasteiger partial charge in [0, 0.05) is 6.04 Å². The van der Waals surface area contributed by atoms with Crippen molar-refractivity contribution in [1.82, 2.24) is 14.1 Å². The van der Waals surface area contributed by atoms with Crippen molar-refractivity contribution in [3.8, 4) is 0 Å². The molecular formula is C14H25N3OS2. The standard InChI is InChI=1S/C14H25N3OS2/c1-2-3-10-19-14-13(17(18)20-15-14)12-8-4-6-11-7-5-9-16(11)12/h11-12,15,18H,2-10H2,1H3/t11-,12-/m0/s1. The van der Waals surface area contributed by atoms with E-state index in [2.05, 4.69) is 16.5 Å². The monoisotopic (exact) mass is 315 g/mol. The highest BCUT2D eigenvalue weighted by Gasteiger charge is 2.40. The summed E-state index contributed by atoms with van der Waals surface area (Å²) in [6.07, 6.45) is 8.93. The van der Waals surface area contributed by atoms with E-state index in [9.17, 15) is 5.21 Å². The van der Waals surface area contributed by atoms with E-state index >= 15 is 0 Å². The molecule has 114 valence electrons. The van der Waals surface area contributed by atoms with Gasteiger partial charge >= 0.3 is 0 Å². The molecule has 0 aromatic rings. The van der Waals surface area contributed by atoms with Crippen molar-refractivity contribution in [1.29, 1.82) is 0 Å². The smallest absolute Gasteiger partial charge is 0.104 e. The van der Waals surface area contributed by atoms with Gasteiger partial charge in [0.25, 0.3) is 0 Å². The van der Waals surface area contributed by atoms with E-state index in [1.54, 1.807) is 0 Å². The predicted octanol–water partition coefficient (Wildman–Crippen LogP) is 3.56. The summed E-state index contributed by atoms with van der Waals surface area (Å²) < 4.78 is 4.68. The molecule has 2 atom stereocenters. The number of piperidine rings is 1. The van der Waals surface area contributed by atoms with Crippen molar-refractivity contribution < 1.29 is 5.21 Å². The van der Waals surface area contributed by atoms with Crippen molar-refractivity contribution in [2.75, 3.05) is 12.3 Å². The number of thioether (sulfide) groups is 1. The van der Waals surface area contributed by atoms with Crippen LogP contribution in [0.1, 0.15) is 51.9 Å². The molecule has 0 unspecified atom stereocenters. The zero-order chi connectivity index (χ0) is 13.9. The third-order valence-corrected chi connectivity index (χ3v) is 6.45. The largest absolute Gasteiger partial charge is 0.303 e. The molecule has 0 spiro atoms. The Labute approximate surface area is 130 Å². The average Bonchev–Trinajstić information content (AvgIpc) is 3.06. The van der Waals surface area contributed by atoms with E-state index in [1.807, 2.05) is 11.8 Å². The van der Waals surface area contributed by atoms with Crippen LogP contribution in [-0.2, 0) is 0 Å². The average molecular weight is 316 g/mol. The molecule has 2 fully saturated rings. The fourth-order valence-electron chi connectivity index (χ4n) is 3.56. The quantitative estimate of drug-likeness (QED) is 0.597. The zero-order valence-electron chi connectivity index (χ0n) is 12.2. The summed E-state index contributed by atoms with van der Waals surface area (Å²) in [5, 5.41) is 11.4. The molecule has 0 saturated carbocycles. The Kier molecular flexibility index (Phi) is 5.07. The van der Waals surface area contributed by atoms with E-state index in [-0.39, 0.29) is 0 Å². The third kappa shape index (κ3) is 2.93. The van der Waals surface area contributed by atoms with Crippen molar-refractivity contribution in [3.63, 3.8) is 0 Å². The van der Waals surface area contributed by atoms with Gasteiger partial charge in [-0.05, 0) is 50.8 Å². The van der Waals surface area contributed by atoms with Crippen molar-refractivity contribution >= 4 is 23.9 Å². The zero-order valence-corrected chi connectivity index (χ0v) is 13.8. The Morgan fingerprint density at radius 3 is 3.05 bits per heavy atom. The van der Waals surface area contributed by atoms with Gasteiger partial charge in [-0.25, -0.2) is 0 Å². The van der Waals surface area contributed by atoms with E-state index in [0.717, 1.165) is 17.5 Å². The Hall–Kier alpha value is -0.0400. The number of fused-ring (bicyclic) bond motifs is 1. The Morgan fingerprint density at radius 1 is 1.35 bits per heavy atom. The van der Waals surface area contributed by atoms with Gasteiger partial charge in [0.1, 0.15) is 10.7 Å². The van der Waals surface area contributed by atoms with Crippen LogP contribution in [0.4, 0.5) is 0 Å². The molecule has 0 radical (unpaired) electrons. The van der Waals surface area contributed by atoms with Gasteiger partial charge in [0.15, 0.2) is 0 Å². The molecule has 3 heterocycles. The van der Waals surface area contributed by atoms with Gasteiger partial charge < -0.3 is 4.72 Å². The summed E-state index contributed by atoms with van der Waals surface area (Å²) in [5.74, 6) is 1.13. The molecule has 0 bridgehead atoms. The SMILES string of the molecule is CCCCSC1=C([C@@H]2CCC[C@H]3CCCN32)N(O)SN1. The van der Waals surface area contributed by atoms with Crippen LogP contribution >= 0.6 is 23.9 Å². The molecule has 0 aromatic heterocycles. The summed E-state index contributed by atoms with van der Waals surface area (Å²) in [6, 6.07) is 1.16. The summed E-state index contributed by atoms with van der Waals surface area (Å²) in [6.45, 7) is 3.42. The molecule has 20 heavy (non-hydrogen) atoms. The maximum absolute atomic E-state index is 10.2. The summed E-state index contributed by atoms with van der Waals surface area (Å²) >= 11 is 3.18. The Morgan fingerprint density at radius 2 is 2.20 bits per heavy atom. The first-order valence-electron chi connectivity index (χ1n) is 7.86. The second-order valence-corrected chi connectivity index (χ2v) is 7.70. The van der Waals surface area contributed by atoms with E-state index in [1.165, 1.54) is 73.1 Å². The van der Waals surface area contributed by atoms with Crippen LogP contribution < -0.4 is 4.72 Å². The molecule has 0 aromatic carbocycles. The van der Waals surface area contributed by atoms with Crippen LogP contribution in [0.25, 0.3) is 0 Å². The van der Waals surface area contributed by atoms with E-state index in [4.69, 9.17) is 0 Å². The number of nitrogens with zero attached hydrogens (tertiary/aromatic N) is 2. The molecule has 3 aliphatic heterocycles. The minimum Gasteiger partial charge on any atom is -0.303 e. The number of unbranched alkanes of at least 4 members (excludes halogenated alkanes) is 1. The van der Waals surface area contributed by atoms with Gasteiger partial charge in [-0.2, -0.15) is 4.47 Å². The first-order valence-corrected chi connectivity index (χ1v) is 9.62. The second kappa shape index (κ2) is 6.81. The number of hydrogen-bond donors (Lipinski definition) is 2. The fourth-order valence-corrected chi connectivity index (χ4v) is 5.56. The van der Waals surface area contributed by atoms with Gasteiger partial charge in [0.05, 0.1) is 18.2 Å². The maximum atomic E-state index is 10.2. The number of nitrogens with one attached hydrogen (secondary N) is 1. The van der Waals surface area contributed by atoms with Crippen LogP contribution in [0.15, 0.2) is 10.7 Å². The van der Waals surface area contributed by atoms with Gasteiger partial charge in [0.2, 0.25) is 0 Å². The van der Waals surface area contributed by atoms with Crippen molar-refractivity contribution in [2.24, 2.45) is 0 Å². The highest BCUT2D eigenvalue weighted by atomic mass is 32.2.